The van der Waals surface area contributed by atoms with Crippen LogP contribution in [0.3, 0.4) is 0 Å². The molecular formula is C11H21O6P. The largest absolute Gasteiger partial charge is 0.507 e. The normalized spacial score (nSPS) is 14.3. The van der Waals surface area contributed by atoms with Crippen LogP contribution in [0.2, 0.25) is 0 Å². The number of aliphatic hydroxyl groups is 2. The second-order valence-electron chi connectivity index (χ2n) is 3.22. The summed E-state index contributed by atoms with van der Waals surface area (Å²) in [6.45, 7) is 7.06. The molecule has 0 bridgehead atoms. The van der Waals surface area contributed by atoms with E-state index in [0.29, 0.717) is 0 Å². The fraction of sp³-hybridized carbons (Fsp3) is 0.636. The van der Waals surface area contributed by atoms with Crippen LogP contribution in [-0.4, -0.2) is 30.0 Å². The van der Waals surface area contributed by atoms with Gasteiger partial charge in [0, 0.05) is 0 Å². The molecule has 0 aromatic carbocycles. The lowest BCUT2D eigenvalue weighted by atomic mass is 10.4. The minimum atomic E-state index is -3.52. The van der Waals surface area contributed by atoms with Crippen molar-refractivity contribution in [2.24, 2.45) is 0 Å². The molecular weight excluding hydrogens is 259 g/mol. The third kappa shape index (κ3) is 5.12. The maximum atomic E-state index is 12.3. The molecule has 6 nitrogen and oxygen atoms in total. The van der Waals surface area contributed by atoms with E-state index in [1.807, 2.05) is 0 Å². The Kier molecular flexibility index (Phi) is 7.75. The lowest BCUT2D eigenvalue weighted by Crippen LogP contribution is -2.00. The lowest BCUT2D eigenvalue weighted by molar-refractivity contribution is 0.101. The second kappa shape index (κ2) is 8.19. The van der Waals surface area contributed by atoms with E-state index in [0.717, 1.165) is 6.08 Å². The summed E-state index contributed by atoms with van der Waals surface area (Å²) in [7, 11) is -3.52. The highest BCUT2D eigenvalue weighted by atomic mass is 31.2. The van der Waals surface area contributed by atoms with E-state index in [1.54, 1.807) is 20.8 Å². The highest BCUT2D eigenvalue weighted by Crippen LogP contribution is 2.56. The van der Waals surface area contributed by atoms with Gasteiger partial charge in [-0.2, -0.15) is 0 Å². The van der Waals surface area contributed by atoms with Gasteiger partial charge in [-0.25, -0.2) is 0 Å². The number of ether oxygens (including phenoxy) is 1. The van der Waals surface area contributed by atoms with Crippen molar-refractivity contribution < 1.29 is 28.6 Å². The maximum absolute atomic E-state index is 12.3. The third-order valence-corrected chi connectivity index (χ3v) is 4.18. The topological polar surface area (TPSA) is 85.2 Å². The van der Waals surface area contributed by atoms with Gasteiger partial charge >= 0.3 is 7.60 Å². The van der Waals surface area contributed by atoms with Crippen molar-refractivity contribution in [1.29, 1.82) is 0 Å². The van der Waals surface area contributed by atoms with E-state index in [2.05, 4.69) is 0 Å². The molecule has 0 radical (unpaired) electrons. The zero-order valence-electron chi connectivity index (χ0n) is 11.2. The van der Waals surface area contributed by atoms with Crippen LogP contribution in [0.15, 0.2) is 23.1 Å². The van der Waals surface area contributed by atoms with Gasteiger partial charge in [-0.3, -0.25) is 4.57 Å². The fourth-order valence-corrected chi connectivity index (χ4v) is 2.61. The van der Waals surface area contributed by atoms with Crippen LogP contribution in [0.4, 0.5) is 0 Å². The Labute approximate surface area is 107 Å². The molecule has 0 aliphatic carbocycles. The molecule has 2 N–H and O–H groups in total. The van der Waals surface area contributed by atoms with Gasteiger partial charge in [-0.05, 0) is 27.7 Å². The first-order valence-corrected chi connectivity index (χ1v) is 7.28. The number of hydrogen-bond acceptors (Lipinski definition) is 6. The maximum Gasteiger partial charge on any atom is 0.360 e. The van der Waals surface area contributed by atoms with Gasteiger partial charge in [-0.15, -0.1) is 0 Å². The Morgan fingerprint density at radius 1 is 1.11 bits per heavy atom. The number of aliphatic hydroxyl groups excluding tert-OH is 2. The van der Waals surface area contributed by atoms with Crippen LogP contribution in [0.5, 0.6) is 0 Å². The quantitative estimate of drug-likeness (QED) is 0.402. The van der Waals surface area contributed by atoms with E-state index in [-0.39, 0.29) is 25.1 Å². The van der Waals surface area contributed by atoms with Gasteiger partial charge in [0.05, 0.1) is 31.2 Å². The van der Waals surface area contributed by atoms with E-state index >= 15 is 0 Å². The van der Waals surface area contributed by atoms with Crippen molar-refractivity contribution >= 4 is 7.60 Å². The van der Waals surface area contributed by atoms with Crippen molar-refractivity contribution in [3.05, 3.63) is 23.1 Å². The predicted octanol–water partition coefficient (Wildman–Crippen LogP) is 3.48. The van der Waals surface area contributed by atoms with Crippen molar-refractivity contribution in [3.8, 4) is 0 Å². The Bertz CT molecular complexity index is 351. The molecule has 0 aromatic heterocycles. The van der Waals surface area contributed by atoms with Crippen LogP contribution in [0, 0.1) is 0 Å². The standard InChI is InChI=1S/C11H21O6P/c1-5-15-11(13)8-10(12)9(4)18(14,16-6-2)17-7-3/h8,12-13H,5-7H2,1-4H3/b10-9-,11-8+. The Hall–Kier alpha value is -0.970. The molecule has 0 heterocycles. The zero-order valence-corrected chi connectivity index (χ0v) is 12.1. The molecule has 0 aromatic rings. The SMILES string of the molecule is CCO/C(O)=C/C(O)=C(\C)P(=O)(OCC)OCC. The smallest absolute Gasteiger partial charge is 0.360 e. The first-order chi connectivity index (χ1) is 8.41. The van der Waals surface area contributed by atoms with E-state index < -0.39 is 19.3 Å². The molecule has 7 heteroatoms. The molecule has 0 aliphatic heterocycles. The summed E-state index contributed by atoms with van der Waals surface area (Å²) in [5.74, 6) is -0.861. The predicted molar refractivity (Wildman–Crippen MR) is 68.5 cm³/mol. The molecule has 0 unspecified atom stereocenters. The second-order valence-corrected chi connectivity index (χ2v) is 5.40. The number of hydrogen-bond donors (Lipinski definition) is 2. The summed E-state index contributed by atoms with van der Waals surface area (Å²) in [6, 6.07) is 0. The Morgan fingerprint density at radius 2 is 1.61 bits per heavy atom. The molecule has 0 amide bonds. The first-order valence-electron chi connectivity index (χ1n) is 5.74. The molecule has 0 atom stereocenters. The van der Waals surface area contributed by atoms with E-state index in [1.165, 1.54) is 6.92 Å². The van der Waals surface area contributed by atoms with Crippen molar-refractivity contribution in [1.82, 2.24) is 0 Å². The summed E-state index contributed by atoms with van der Waals surface area (Å²) in [5, 5.41) is 19.0. The molecule has 18 heavy (non-hydrogen) atoms. The van der Waals surface area contributed by atoms with Gasteiger partial charge in [0.2, 0.25) is 0 Å². The Balaban J connectivity index is 5.21. The van der Waals surface area contributed by atoms with Crippen molar-refractivity contribution in [2.45, 2.75) is 27.7 Å². The highest BCUT2D eigenvalue weighted by Gasteiger charge is 2.29. The molecule has 0 fully saturated rings. The summed E-state index contributed by atoms with van der Waals surface area (Å²) >= 11 is 0. The monoisotopic (exact) mass is 280 g/mol. The van der Waals surface area contributed by atoms with Gasteiger partial charge in [0.15, 0.2) is 0 Å². The fourth-order valence-electron chi connectivity index (χ4n) is 1.12. The van der Waals surface area contributed by atoms with E-state index in [9.17, 15) is 14.8 Å². The van der Waals surface area contributed by atoms with Crippen LogP contribution in [-0.2, 0) is 18.3 Å². The van der Waals surface area contributed by atoms with Crippen LogP contribution in [0.1, 0.15) is 27.7 Å². The molecule has 0 rings (SSSR count). The summed E-state index contributed by atoms with van der Waals surface area (Å²) < 4.78 is 27.1. The number of rotatable bonds is 8. The van der Waals surface area contributed by atoms with Crippen LogP contribution < -0.4 is 0 Å². The first kappa shape index (κ1) is 17.0. The summed E-state index contributed by atoms with van der Waals surface area (Å²) in [4.78, 5) is 0. The number of allylic oxidation sites excluding steroid dienone is 2. The highest BCUT2D eigenvalue weighted by molar-refractivity contribution is 7.58. The Morgan fingerprint density at radius 3 is 2.00 bits per heavy atom. The van der Waals surface area contributed by atoms with Gasteiger partial charge < -0.3 is 24.0 Å². The van der Waals surface area contributed by atoms with Crippen LogP contribution in [0.25, 0.3) is 0 Å². The van der Waals surface area contributed by atoms with E-state index in [4.69, 9.17) is 13.8 Å². The van der Waals surface area contributed by atoms with Crippen LogP contribution >= 0.6 is 7.60 Å². The average Bonchev–Trinajstić information content (AvgIpc) is 2.28. The third-order valence-electron chi connectivity index (χ3n) is 1.93. The van der Waals surface area contributed by atoms with Gasteiger partial charge in [-0.1, -0.05) is 0 Å². The summed E-state index contributed by atoms with van der Waals surface area (Å²) in [6.07, 6.45) is 0.962. The lowest BCUT2D eigenvalue weighted by Gasteiger charge is -2.17. The minimum absolute atomic E-state index is 0.0254. The molecule has 106 valence electrons. The average molecular weight is 280 g/mol. The minimum Gasteiger partial charge on any atom is -0.507 e. The van der Waals surface area contributed by atoms with Crippen molar-refractivity contribution in [2.75, 3.05) is 19.8 Å². The molecule has 0 saturated carbocycles. The van der Waals surface area contributed by atoms with Gasteiger partial charge in [0.1, 0.15) is 5.76 Å². The molecule has 0 spiro atoms. The van der Waals surface area contributed by atoms with Crippen molar-refractivity contribution in [3.63, 3.8) is 0 Å². The zero-order chi connectivity index (χ0) is 14.2. The molecule has 0 saturated heterocycles. The summed E-state index contributed by atoms with van der Waals surface area (Å²) in [5.41, 5.74) is 0. The van der Waals surface area contributed by atoms with Gasteiger partial charge in [0.25, 0.3) is 5.95 Å². The molecule has 0 aliphatic rings.